The molecule has 7 heteroatoms. The predicted octanol–water partition coefficient (Wildman–Crippen LogP) is 2.45. The monoisotopic (exact) mass is 357 g/mol. The van der Waals surface area contributed by atoms with E-state index in [2.05, 4.69) is 20.2 Å². The third-order valence-electron chi connectivity index (χ3n) is 5.35. The van der Waals surface area contributed by atoms with Crippen LogP contribution < -0.4 is 5.32 Å². The average molecular weight is 357 g/mol. The molecule has 2 aliphatic rings. The Morgan fingerprint density at radius 2 is 2.08 bits per heavy atom. The lowest BCUT2D eigenvalue weighted by molar-refractivity contribution is 0.181. The maximum Gasteiger partial charge on any atom is 0.317 e. The normalized spacial score (nSPS) is 18.6. The van der Waals surface area contributed by atoms with E-state index < -0.39 is 0 Å². The fraction of sp³-hybridized carbons (Fsp3) is 0.474. The van der Waals surface area contributed by atoms with Gasteiger partial charge in [0.15, 0.2) is 0 Å². The molecule has 1 fully saturated rings. The summed E-state index contributed by atoms with van der Waals surface area (Å²) in [6, 6.07) is 6.63. The van der Waals surface area contributed by atoms with Crippen molar-refractivity contribution in [1.82, 2.24) is 25.1 Å². The standard InChI is InChI=1S/C19H24FN5O/c20-15-6-2-1-5-14(15)18(24-8-3-4-9-24)11-21-19(26)25-10-7-16-17(12-25)23-13-22-16/h1-2,5-6,13,18H,3-4,7-12H2,(H,21,26)(H,22,23)/t18-/m0/s1. The second-order valence-electron chi connectivity index (χ2n) is 6.97. The molecule has 0 radical (unpaired) electrons. The van der Waals surface area contributed by atoms with Crippen LogP contribution in [0.2, 0.25) is 0 Å². The topological polar surface area (TPSA) is 64.3 Å². The second kappa shape index (κ2) is 7.45. The van der Waals surface area contributed by atoms with Crippen molar-refractivity contribution in [3.63, 3.8) is 0 Å². The number of nitrogens with one attached hydrogen (secondary N) is 2. The minimum absolute atomic E-state index is 0.106. The summed E-state index contributed by atoms with van der Waals surface area (Å²) in [5.74, 6) is -0.210. The smallest absolute Gasteiger partial charge is 0.317 e. The highest BCUT2D eigenvalue weighted by molar-refractivity contribution is 5.74. The van der Waals surface area contributed by atoms with E-state index in [4.69, 9.17) is 0 Å². The number of fused-ring (bicyclic) bond motifs is 1. The van der Waals surface area contributed by atoms with Crippen molar-refractivity contribution in [2.75, 3.05) is 26.2 Å². The van der Waals surface area contributed by atoms with Gasteiger partial charge in [-0.2, -0.15) is 0 Å². The van der Waals surface area contributed by atoms with Gasteiger partial charge in [0.1, 0.15) is 5.82 Å². The van der Waals surface area contributed by atoms with Gasteiger partial charge < -0.3 is 15.2 Å². The fourth-order valence-corrected chi connectivity index (χ4v) is 3.92. The summed E-state index contributed by atoms with van der Waals surface area (Å²) >= 11 is 0. The Morgan fingerprint density at radius 1 is 1.27 bits per heavy atom. The molecule has 2 amide bonds. The third kappa shape index (κ3) is 3.44. The highest BCUT2D eigenvalue weighted by Crippen LogP contribution is 2.26. The van der Waals surface area contributed by atoms with Gasteiger partial charge in [-0.1, -0.05) is 18.2 Å². The zero-order valence-corrected chi connectivity index (χ0v) is 14.7. The van der Waals surface area contributed by atoms with Crippen LogP contribution in [-0.2, 0) is 13.0 Å². The molecule has 4 rings (SSSR count). The Morgan fingerprint density at radius 3 is 2.88 bits per heavy atom. The Labute approximate surface area is 152 Å². The van der Waals surface area contributed by atoms with Gasteiger partial charge in [-0.25, -0.2) is 14.2 Å². The molecule has 2 aliphatic heterocycles. The summed E-state index contributed by atoms with van der Waals surface area (Å²) < 4.78 is 14.3. The molecular formula is C19H24FN5O. The van der Waals surface area contributed by atoms with Crippen molar-refractivity contribution in [3.05, 3.63) is 53.4 Å². The molecule has 26 heavy (non-hydrogen) atoms. The quantitative estimate of drug-likeness (QED) is 0.883. The number of rotatable bonds is 4. The van der Waals surface area contributed by atoms with Crippen molar-refractivity contribution in [1.29, 1.82) is 0 Å². The Balaban J connectivity index is 1.43. The van der Waals surface area contributed by atoms with Crippen LogP contribution in [0.3, 0.4) is 0 Å². The van der Waals surface area contributed by atoms with E-state index in [1.165, 1.54) is 6.07 Å². The lowest BCUT2D eigenvalue weighted by atomic mass is 10.0. The molecule has 1 atom stereocenters. The minimum Gasteiger partial charge on any atom is -0.347 e. The van der Waals surface area contributed by atoms with Gasteiger partial charge in [-0.15, -0.1) is 0 Å². The molecule has 0 saturated carbocycles. The van der Waals surface area contributed by atoms with E-state index in [0.717, 1.165) is 43.7 Å². The largest absolute Gasteiger partial charge is 0.347 e. The molecule has 3 heterocycles. The lowest BCUT2D eigenvalue weighted by Crippen LogP contribution is -2.45. The number of amides is 2. The SMILES string of the molecule is O=C(NC[C@@H](c1ccccc1F)N1CCCC1)N1CCc2nc[nH]c2C1. The van der Waals surface area contributed by atoms with Gasteiger partial charge in [0.05, 0.1) is 30.3 Å². The zero-order valence-electron chi connectivity index (χ0n) is 14.7. The summed E-state index contributed by atoms with van der Waals surface area (Å²) in [7, 11) is 0. The number of imidazole rings is 1. The molecular weight excluding hydrogens is 333 g/mol. The van der Waals surface area contributed by atoms with Crippen molar-refractivity contribution in [3.8, 4) is 0 Å². The number of hydrogen-bond acceptors (Lipinski definition) is 3. The number of nitrogens with zero attached hydrogens (tertiary/aromatic N) is 3. The Kier molecular flexibility index (Phi) is 4.88. The van der Waals surface area contributed by atoms with Crippen LogP contribution in [0.1, 0.15) is 35.8 Å². The number of carbonyl (C=O) groups excluding carboxylic acids is 1. The molecule has 2 aromatic rings. The van der Waals surface area contributed by atoms with Crippen LogP contribution in [0.4, 0.5) is 9.18 Å². The minimum atomic E-state index is -0.210. The van der Waals surface area contributed by atoms with E-state index in [1.54, 1.807) is 17.3 Å². The lowest BCUT2D eigenvalue weighted by Gasteiger charge is -2.31. The first-order chi connectivity index (χ1) is 12.7. The van der Waals surface area contributed by atoms with E-state index in [1.807, 2.05) is 12.1 Å². The van der Waals surface area contributed by atoms with Gasteiger partial charge in [-0.05, 0) is 32.0 Å². The average Bonchev–Trinajstić information content (AvgIpc) is 3.34. The van der Waals surface area contributed by atoms with Gasteiger partial charge in [0.25, 0.3) is 0 Å². The van der Waals surface area contributed by atoms with E-state index in [9.17, 15) is 9.18 Å². The third-order valence-corrected chi connectivity index (χ3v) is 5.35. The zero-order chi connectivity index (χ0) is 17.9. The number of halogens is 1. The molecule has 0 spiro atoms. The molecule has 1 aromatic heterocycles. The first kappa shape index (κ1) is 17.0. The number of urea groups is 1. The van der Waals surface area contributed by atoms with Crippen LogP contribution in [0, 0.1) is 5.82 Å². The van der Waals surface area contributed by atoms with Crippen molar-refractivity contribution >= 4 is 6.03 Å². The number of aromatic nitrogens is 2. The number of carbonyl (C=O) groups is 1. The Hall–Kier alpha value is -2.41. The fourth-order valence-electron chi connectivity index (χ4n) is 3.92. The van der Waals surface area contributed by atoms with E-state index >= 15 is 0 Å². The molecule has 138 valence electrons. The predicted molar refractivity (Wildman–Crippen MR) is 96.0 cm³/mol. The van der Waals surface area contributed by atoms with Crippen LogP contribution in [-0.4, -0.2) is 52.0 Å². The number of hydrogen-bond donors (Lipinski definition) is 2. The first-order valence-corrected chi connectivity index (χ1v) is 9.25. The molecule has 0 bridgehead atoms. The first-order valence-electron chi connectivity index (χ1n) is 9.25. The highest BCUT2D eigenvalue weighted by Gasteiger charge is 2.28. The number of aromatic amines is 1. The van der Waals surface area contributed by atoms with E-state index in [-0.39, 0.29) is 17.9 Å². The van der Waals surface area contributed by atoms with Crippen LogP contribution in [0.15, 0.2) is 30.6 Å². The van der Waals surface area contributed by atoms with Crippen molar-refractivity contribution < 1.29 is 9.18 Å². The summed E-state index contributed by atoms with van der Waals surface area (Å²) in [4.78, 5) is 24.0. The van der Waals surface area contributed by atoms with Gasteiger partial charge >= 0.3 is 6.03 Å². The maximum absolute atomic E-state index is 14.3. The number of benzene rings is 1. The molecule has 2 N–H and O–H groups in total. The summed E-state index contributed by atoms with van der Waals surface area (Å²) in [5.41, 5.74) is 2.69. The van der Waals surface area contributed by atoms with Crippen LogP contribution in [0.25, 0.3) is 0 Å². The highest BCUT2D eigenvalue weighted by atomic mass is 19.1. The molecule has 0 aliphatic carbocycles. The van der Waals surface area contributed by atoms with Crippen LogP contribution in [0.5, 0.6) is 0 Å². The molecule has 6 nitrogen and oxygen atoms in total. The number of likely N-dealkylation sites (tertiary alicyclic amines) is 1. The number of H-pyrrole nitrogens is 1. The summed E-state index contributed by atoms with van der Waals surface area (Å²) in [5, 5.41) is 3.02. The van der Waals surface area contributed by atoms with Gasteiger partial charge in [-0.3, -0.25) is 4.90 Å². The molecule has 1 saturated heterocycles. The second-order valence-corrected chi connectivity index (χ2v) is 6.97. The maximum atomic E-state index is 14.3. The molecule has 0 unspecified atom stereocenters. The van der Waals surface area contributed by atoms with Gasteiger partial charge in [0.2, 0.25) is 0 Å². The van der Waals surface area contributed by atoms with E-state index in [0.29, 0.717) is 25.2 Å². The van der Waals surface area contributed by atoms with Gasteiger partial charge in [0, 0.05) is 25.1 Å². The van der Waals surface area contributed by atoms with Crippen LogP contribution >= 0.6 is 0 Å². The van der Waals surface area contributed by atoms with Crippen molar-refractivity contribution in [2.24, 2.45) is 0 Å². The Bertz CT molecular complexity index is 771. The summed E-state index contributed by atoms with van der Waals surface area (Å²) in [6.07, 6.45) is 4.67. The molecule has 1 aromatic carbocycles. The summed E-state index contributed by atoms with van der Waals surface area (Å²) in [6.45, 7) is 3.48. The van der Waals surface area contributed by atoms with Crippen molar-refractivity contribution in [2.45, 2.75) is 31.8 Å².